The zero-order valence-electron chi connectivity index (χ0n) is 23.0. The lowest BCUT2D eigenvalue weighted by molar-refractivity contribution is 0.0950. The number of hydrogen-bond donors (Lipinski definition) is 1. The summed E-state index contributed by atoms with van der Waals surface area (Å²) in [6.45, 7) is 13.4. The van der Waals surface area contributed by atoms with Crippen LogP contribution in [0.4, 0.5) is 5.69 Å². The van der Waals surface area contributed by atoms with Gasteiger partial charge >= 0.3 is 0 Å². The maximum Gasteiger partial charge on any atom is 0.255 e. The van der Waals surface area contributed by atoms with Crippen LogP contribution in [-0.4, -0.2) is 48.1 Å². The van der Waals surface area contributed by atoms with Gasteiger partial charge in [-0.2, -0.15) is 0 Å². The van der Waals surface area contributed by atoms with Crippen molar-refractivity contribution in [2.24, 2.45) is 7.05 Å². The predicted molar refractivity (Wildman–Crippen MR) is 148 cm³/mol. The average molecular weight is 503 g/mol. The van der Waals surface area contributed by atoms with Crippen LogP contribution < -0.4 is 15.8 Å². The van der Waals surface area contributed by atoms with Crippen LogP contribution in [0, 0.1) is 20.8 Å². The number of halogens is 1. The summed E-state index contributed by atoms with van der Waals surface area (Å²) >= 11 is 6.50. The molecule has 2 rings (SSSR count). The first-order valence-electron chi connectivity index (χ1n) is 12.6. The van der Waals surface area contributed by atoms with Crippen molar-refractivity contribution in [3.63, 3.8) is 0 Å². The Labute approximate surface area is 216 Å². The number of pyridine rings is 1. The van der Waals surface area contributed by atoms with Crippen molar-refractivity contribution >= 4 is 23.2 Å². The van der Waals surface area contributed by atoms with Crippen molar-refractivity contribution in [1.82, 2.24) is 14.8 Å². The molecule has 0 saturated carbocycles. The van der Waals surface area contributed by atoms with E-state index in [1.807, 2.05) is 32.9 Å². The summed E-state index contributed by atoms with van der Waals surface area (Å²) in [6, 6.07) is 6.49. The average Bonchev–Trinajstić information content (AvgIpc) is 2.79. The third-order valence-electron chi connectivity index (χ3n) is 7.31. The van der Waals surface area contributed by atoms with E-state index in [9.17, 15) is 9.59 Å². The highest BCUT2D eigenvalue weighted by atomic mass is 35.5. The maximum absolute atomic E-state index is 13.2. The SMILES string of the molecule is CC[C@H](CC[C@@H](C)N(CC)c1cc(Cl)cc(C(=O)NCc2c(C)cc(C)n(C)c2=O)c1C)N(C)C. The first-order valence-corrected chi connectivity index (χ1v) is 13.0. The van der Waals surface area contributed by atoms with E-state index in [1.165, 1.54) is 0 Å². The van der Waals surface area contributed by atoms with E-state index in [4.69, 9.17) is 11.6 Å². The number of nitrogens with one attached hydrogen (secondary N) is 1. The number of amides is 1. The zero-order valence-corrected chi connectivity index (χ0v) is 23.7. The third-order valence-corrected chi connectivity index (χ3v) is 7.53. The predicted octanol–water partition coefficient (Wildman–Crippen LogP) is 5.23. The number of nitrogens with zero attached hydrogens (tertiary/aromatic N) is 3. The number of carbonyl (C=O) groups excluding carboxylic acids is 1. The van der Waals surface area contributed by atoms with Crippen molar-refractivity contribution in [3.8, 4) is 0 Å². The lowest BCUT2D eigenvalue weighted by atomic mass is 10.00. The van der Waals surface area contributed by atoms with Crippen LogP contribution in [-0.2, 0) is 13.6 Å². The summed E-state index contributed by atoms with van der Waals surface area (Å²) in [7, 11) is 6.02. The van der Waals surface area contributed by atoms with Gasteiger partial charge in [-0.25, -0.2) is 0 Å². The molecule has 0 saturated heterocycles. The fourth-order valence-corrected chi connectivity index (χ4v) is 5.06. The number of hydrogen-bond acceptors (Lipinski definition) is 4. The van der Waals surface area contributed by atoms with Crippen LogP contribution in [0.2, 0.25) is 5.02 Å². The second-order valence-electron chi connectivity index (χ2n) is 9.83. The van der Waals surface area contributed by atoms with Crippen molar-refractivity contribution in [2.45, 2.75) is 79.4 Å². The highest BCUT2D eigenvalue weighted by Gasteiger charge is 2.22. The second-order valence-corrected chi connectivity index (χ2v) is 10.3. The molecular weight excluding hydrogens is 460 g/mol. The molecule has 0 fully saturated rings. The van der Waals surface area contributed by atoms with Gasteiger partial charge in [-0.1, -0.05) is 18.5 Å². The molecule has 6 nitrogen and oxygen atoms in total. The summed E-state index contributed by atoms with van der Waals surface area (Å²) in [6.07, 6.45) is 3.28. The highest BCUT2D eigenvalue weighted by Crippen LogP contribution is 2.30. The van der Waals surface area contributed by atoms with Gasteiger partial charge in [-0.15, -0.1) is 0 Å². The minimum absolute atomic E-state index is 0.0830. The quantitative estimate of drug-likeness (QED) is 0.457. The van der Waals surface area contributed by atoms with E-state index in [1.54, 1.807) is 17.7 Å². The van der Waals surface area contributed by atoms with E-state index in [2.05, 4.69) is 50.0 Å². The van der Waals surface area contributed by atoms with Crippen LogP contribution in [0.15, 0.2) is 23.0 Å². The summed E-state index contributed by atoms with van der Waals surface area (Å²) in [5, 5.41) is 3.48. The molecule has 0 spiro atoms. The molecule has 1 aromatic heterocycles. The van der Waals surface area contributed by atoms with E-state index in [-0.39, 0.29) is 18.0 Å². The summed E-state index contributed by atoms with van der Waals surface area (Å²) < 4.78 is 1.61. The van der Waals surface area contributed by atoms with E-state index < -0.39 is 0 Å². The Kier molecular flexibility index (Phi) is 10.4. The Morgan fingerprint density at radius 2 is 1.77 bits per heavy atom. The molecule has 2 atom stereocenters. The summed E-state index contributed by atoms with van der Waals surface area (Å²) in [5.41, 5.74) is 4.71. The smallest absolute Gasteiger partial charge is 0.255 e. The Hall–Kier alpha value is -2.31. The lowest BCUT2D eigenvalue weighted by Gasteiger charge is -2.34. The minimum Gasteiger partial charge on any atom is -0.369 e. The van der Waals surface area contributed by atoms with Crippen molar-refractivity contribution < 1.29 is 4.79 Å². The molecule has 194 valence electrons. The molecule has 0 aliphatic heterocycles. The van der Waals surface area contributed by atoms with Gasteiger partial charge in [-0.3, -0.25) is 9.59 Å². The van der Waals surface area contributed by atoms with Crippen LogP contribution >= 0.6 is 11.6 Å². The van der Waals surface area contributed by atoms with E-state index >= 15 is 0 Å². The van der Waals surface area contributed by atoms with Crippen molar-refractivity contribution in [3.05, 3.63) is 61.5 Å². The van der Waals surface area contributed by atoms with Gasteiger partial charge in [0.2, 0.25) is 0 Å². The molecule has 35 heavy (non-hydrogen) atoms. The number of aryl methyl sites for hydroxylation is 2. The molecule has 2 aromatic rings. The first-order chi connectivity index (χ1) is 16.4. The highest BCUT2D eigenvalue weighted by molar-refractivity contribution is 6.31. The normalized spacial score (nSPS) is 13.1. The monoisotopic (exact) mass is 502 g/mol. The number of anilines is 1. The molecule has 0 aliphatic rings. The van der Waals surface area contributed by atoms with Crippen LogP contribution in [0.1, 0.15) is 72.8 Å². The summed E-state index contributed by atoms with van der Waals surface area (Å²) in [4.78, 5) is 30.5. The number of rotatable bonds is 11. The number of aromatic nitrogens is 1. The first kappa shape index (κ1) is 28.9. The Balaban J connectivity index is 2.27. The molecule has 0 radical (unpaired) electrons. The van der Waals surface area contributed by atoms with Gasteiger partial charge in [0, 0.05) is 59.8 Å². The van der Waals surface area contributed by atoms with Crippen LogP contribution in [0.3, 0.4) is 0 Å². The summed E-state index contributed by atoms with van der Waals surface area (Å²) in [5.74, 6) is -0.226. The van der Waals surface area contributed by atoms with Gasteiger partial charge < -0.3 is 19.7 Å². The van der Waals surface area contributed by atoms with Crippen molar-refractivity contribution in [1.29, 1.82) is 0 Å². The Bertz CT molecular complexity index is 1090. The maximum atomic E-state index is 13.2. The topological polar surface area (TPSA) is 57.6 Å². The van der Waals surface area contributed by atoms with Gasteiger partial charge in [-0.05, 0) is 97.3 Å². The van der Waals surface area contributed by atoms with Gasteiger partial charge in [0.1, 0.15) is 0 Å². The molecule has 0 aliphatic carbocycles. The Morgan fingerprint density at radius 1 is 1.11 bits per heavy atom. The van der Waals surface area contributed by atoms with Gasteiger partial charge in [0.15, 0.2) is 0 Å². The number of benzene rings is 1. The zero-order chi connectivity index (χ0) is 26.4. The van der Waals surface area contributed by atoms with E-state index in [0.717, 1.165) is 48.3 Å². The molecule has 1 heterocycles. The number of carbonyl (C=O) groups is 1. The molecular formula is C28H43ClN4O2. The lowest BCUT2D eigenvalue weighted by Crippen LogP contribution is -2.36. The standard InChI is InChI=1S/C28H43ClN4O2/c1-10-23(31(7)8)13-12-19(4)33(11-2)26-16-22(29)15-24(21(26)6)27(34)30-17-25-18(3)14-20(5)32(9)28(25)35/h14-16,19,23H,10-13,17H2,1-9H3,(H,30,34)/t19-,23-/m1/s1. The van der Waals surface area contributed by atoms with Crippen LogP contribution in [0.5, 0.6) is 0 Å². The minimum atomic E-state index is -0.226. The molecule has 0 bridgehead atoms. The fraction of sp³-hybridized carbons (Fsp3) is 0.571. The molecule has 1 amide bonds. The second kappa shape index (κ2) is 12.6. The third kappa shape index (κ3) is 6.89. The molecule has 7 heteroatoms. The van der Waals surface area contributed by atoms with Gasteiger partial charge in [0.25, 0.3) is 11.5 Å². The largest absolute Gasteiger partial charge is 0.369 e. The Morgan fingerprint density at radius 3 is 2.34 bits per heavy atom. The molecule has 1 N–H and O–H groups in total. The van der Waals surface area contributed by atoms with E-state index in [0.29, 0.717) is 28.2 Å². The van der Waals surface area contributed by atoms with Crippen molar-refractivity contribution in [2.75, 3.05) is 25.5 Å². The molecule has 1 aromatic carbocycles. The van der Waals surface area contributed by atoms with Crippen LogP contribution in [0.25, 0.3) is 0 Å². The molecule has 0 unspecified atom stereocenters. The fourth-order valence-electron chi connectivity index (χ4n) is 4.84. The van der Waals surface area contributed by atoms with Gasteiger partial charge in [0.05, 0.1) is 0 Å².